The van der Waals surface area contributed by atoms with Crippen molar-refractivity contribution in [2.45, 2.75) is 64.3 Å². The number of rotatable bonds is 7. The lowest BCUT2D eigenvalue weighted by Crippen LogP contribution is -2.30. The number of nitrogens with zero attached hydrogens (tertiary/aromatic N) is 1. The first-order valence-corrected chi connectivity index (χ1v) is 11.5. The standard InChI is InChI=1S/C27H32N2O3/c1-27(2)17-20-10-13-22(32-3)15-23(20)24(29-27)16-25(30)19-8-11-21(12-9-19)28-26(31)14-18-6-4-5-7-18/h8-13,15,18H,4-7,14,16-17H2,1-3H3,(H,28,31). The molecule has 2 aromatic rings. The molecule has 0 radical (unpaired) electrons. The summed E-state index contributed by atoms with van der Waals surface area (Å²) >= 11 is 0. The van der Waals surface area contributed by atoms with Crippen LogP contribution >= 0.6 is 0 Å². The van der Waals surface area contributed by atoms with Gasteiger partial charge in [-0.05, 0) is 81.0 Å². The number of anilines is 1. The first-order chi connectivity index (χ1) is 15.3. The van der Waals surface area contributed by atoms with Crippen molar-refractivity contribution in [1.82, 2.24) is 0 Å². The summed E-state index contributed by atoms with van der Waals surface area (Å²) in [6.07, 6.45) is 6.41. The summed E-state index contributed by atoms with van der Waals surface area (Å²) in [5, 5.41) is 2.96. The van der Waals surface area contributed by atoms with Crippen LogP contribution in [0.2, 0.25) is 0 Å². The van der Waals surface area contributed by atoms with Crippen molar-refractivity contribution in [3.05, 3.63) is 59.2 Å². The largest absolute Gasteiger partial charge is 0.497 e. The number of Topliss-reactive ketones (excluding diaryl/α,β-unsaturated/α-hetero) is 1. The van der Waals surface area contributed by atoms with Crippen LogP contribution in [-0.4, -0.2) is 30.1 Å². The minimum absolute atomic E-state index is 0.0130. The Morgan fingerprint density at radius 2 is 1.81 bits per heavy atom. The van der Waals surface area contributed by atoms with Gasteiger partial charge in [-0.2, -0.15) is 0 Å². The summed E-state index contributed by atoms with van der Waals surface area (Å²) in [5.41, 5.74) is 4.09. The molecule has 1 aliphatic carbocycles. The summed E-state index contributed by atoms with van der Waals surface area (Å²) in [5.74, 6) is 1.35. The molecule has 0 bridgehead atoms. The molecule has 0 saturated heterocycles. The van der Waals surface area contributed by atoms with E-state index in [-0.39, 0.29) is 23.7 Å². The lowest BCUT2D eigenvalue weighted by molar-refractivity contribution is -0.117. The number of carbonyl (C=O) groups excluding carboxylic acids is 2. The maximum atomic E-state index is 13.1. The SMILES string of the molecule is COc1ccc2c(c1)C(CC(=O)c1ccc(NC(=O)CC3CCCC3)cc1)=NC(C)(C)C2. The van der Waals surface area contributed by atoms with Crippen molar-refractivity contribution in [1.29, 1.82) is 0 Å². The Balaban J connectivity index is 1.44. The molecule has 0 atom stereocenters. The fourth-order valence-electron chi connectivity index (χ4n) is 4.85. The van der Waals surface area contributed by atoms with Crippen LogP contribution in [-0.2, 0) is 11.2 Å². The molecule has 1 aliphatic heterocycles. The molecular weight excluding hydrogens is 400 g/mol. The van der Waals surface area contributed by atoms with Crippen LogP contribution in [0.3, 0.4) is 0 Å². The highest BCUT2D eigenvalue weighted by atomic mass is 16.5. The molecule has 1 fully saturated rings. The molecular formula is C27H32N2O3. The van der Waals surface area contributed by atoms with Crippen LogP contribution in [0.5, 0.6) is 5.75 Å². The average Bonchev–Trinajstić information content (AvgIpc) is 3.26. The minimum Gasteiger partial charge on any atom is -0.497 e. The van der Waals surface area contributed by atoms with E-state index in [9.17, 15) is 9.59 Å². The molecule has 5 heteroatoms. The van der Waals surface area contributed by atoms with E-state index in [1.54, 1.807) is 19.2 Å². The van der Waals surface area contributed by atoms with Gasteiger partial charge in [-0.15, -0.1) is 0 Å². The van der Waals surface area contributed by atoms with Gasteiger partial charge in [0.2, 0.25) is 5.91 Å². The predicted octanol–water partition coefficient (Wildman–Crippen LogP) is 5.61. The van der Waals surface area contributed by atoms with Gasteiger partial charge in [0, 0.05) is 23.2 Å². The van der Waals surface area contributed by atoms with Crippen molar-refractivity contribution < 1.29 is 14.3 Å². The number of amides is 1. The molecule has 1 N–H and O–H groups in total. The summed E-state index contributed by atoms with van der Waals surface area (Å²) in [6, 6.07) is 13.2. The number of carbonyl (C=O) groups is 2. The van der Waals surface area contributed by atoms with E-state index < -0.39 is 0 Å². The number of benzene rings is 2. The number of nitrogens with one attached hydrogen (secondary N) is 1. The van der Waals surface area contributed by atoms with Crippen LogP contribution in [0.4, 0.5) is 5.69 Å². The number of aliphatic imine (C=N–C) groups is 1. The highest BCUT2D eigenvalue weighted by molar-refractivity contribution is 6.17. The molecule has 1 heterocycles. The van der Waals surface area contributed by atoms with Gasteiger partial charge in [0.15, 0.2) is 5.78 Å². The lowest BCUT2D eigenvalue weighted by Gasteiger charge is -2.29. The first kappa shape index (κ1) is 22.3. The molecule has 2 aliphatic rings. The van der Waals surface area contributed by atoms with Crippen molar-refractivity contribution in [2.75, 3.05) is 12.4 Å². The number of ketones is 1. The molecule has 0 aromatic heterocycles. The Kier molecular flexibility index (Phi) is 6.45. The monoisotopic (exact) mass is 432 g/mol. The summed E-state index contributed by atoms with van der Waals surface area (Å²) in [6.45, 7) is 4.18. The molecule has 1 amide bonds. The van der Waals surface area contributed by atoms with Crippen LogP contribution < -0.4 is 10.1 Å². The second-order valence-electron chi connectivity index (χ2n) is 9.65. The van der Waals surface area contributed by atoms with E-state index >= 15 is 0 Å². The molecule has 2 aromatic carbocycles. The quantitative estimate of drug-likeness (QED) is 0.578. The highest BCUT2D eigenvalue weighted by Crippen LogP contribution is 2.31. The third-order valence-corrected chi connectivity index (χ3v) is 6.46. The topological polar surface area (TPSA) is 67.8 Å². The zero-order valence-electron chi connectivity index (χ0n) is 19.2. The maximum Gasteiger partial charge on any atom is 0.224 e. The van der Waals surface area contributed by atoms with E-state index in [1.165, 1.54) is 18.4 Å². The van der Waals surface area contributed by atoms with Crippen molar-refractivity contribution in [3.63, 3.8) is 0 Å². The second kappa shape index (κ2) is 9.27. The molecule has 5 nitrogen and oxygen atoms in total. The molecule has 0 unspecified atom stereocenters. The summed E-state index contributed by atoms with van der Waals surface area (Å²) < 4.78 is 5.38. The van der Waals surface area contributed by atoms with Gasteiger partial charge in [-0.25, -0.2) is 0 Å². The number of fused-ring (bicyclic) bond motifs is 1. The minimum atomic E-state index is -0.245. The highest BCUT2D eigenvalue weighted by Gasteiger charge is 2.28. The maximum absolute atomic E-state index is 13.1. The third kappa shape index (κ3) is 5.26. The van der Waals surface area contributed by atoms with Gasteiger partial charge in [-0.3, -0.25) is 14.6 Å². The second-order valence-corrected chi connectivity index (χ2v) is 9.65. The Morgan fingerprint density at radius 3 is 2.50 bits per heavy atom. The van der Waals surface area contributed by atoms with Gasteiger partial charge in [-0.1, -0.05) is 18.9 Å². The van der Waals surface area contributed by atoms with Crippen molar-refractivity contribution in [2.24, 2.45) is 10.9 Å². The number of hydrogen-bond donors (Lipinski definition) is 1. The predicted molar refractivity (Wildman–Crippen MR) is 128 cm³/mol. The van der Waals surface area contributed by atoms with E-state index in [1.807, 2.05) is 24.3 Å². The zero-order valence-corrected chi connectivity index (χ0v) is 19.2. The lowest BCUT2D eigenvalue weighted by atomic mass is 9.85. The van der Waals surface area contributed by atoms with Gasteiger partial charge in [0.05, 0.1) is 24.8 Å². The first-order valence-electron chi connectivity index (χ1n) is 11.5. The summed E-state index contributed by atoms with van der Waals surface area (Å²) in [7, 11) is 1.64. The third-order valence-electron chi connectivity index (χ3n) is 6.46. The van der Waals surface area contributed by atoms with Gasteiger partial charge in [0.1, 0.15) is 5.75 Å². The van der Waals surface area contributed by atoms with Crippen molar-refractivity contribution >= 4 is 23.1 Å². The molecule has 168 valence electrons. The van der Waals surface area contributed by atoms with Crippen LogP contribution in [0, 0.1) is 5.92 Å². The Hall–Kier alpha value is -2.95. The van der Waals surface area contributed by atoms with E-state index in [0.717, 1.165) is 42.0 Å². The van der Waals surface area contributed by atoms with Crippen LogP contribution in [0.15, 0.2) is 47.5 Å². The molecule has 4 rings (SSSR count). The van der Waals surface area contributed by atoms with E-state index in [0.29, 0.717) is 17.9 Å². The fourth-order valence-corrected chi connectivity index (χ4v) is 4.85. The number of ether oxygens (including phenoxy) is 1. The average molecular weight is 433 g/mol. The van der Waals surface area contributed by atoms with Crippen LogP contribution in [0.25, 0.3) is 0 Å². The molecule has 32 heavy (non-hydrogen) atoms. The molecule has 0 spiro atoms. The number of hydrogen-bond acceptors (Lipinski definition) is 4. The van der Waals surface area contributed by atoms with Crippen LogP contribution in [0.1, 0.15) is 73.9 Å². The van der Waals surface area contributed by atoms with Crippen molar-refractivity contribution in [3.8, 4) is 5.75 Å². The Bertz CT molecular complexity index is 1030. The van der Waals surface area contributed by atoms with Gasteiger partial charge in [0.25, 0.3) is 0 Å². The number of methoxy groups -OCH3 is 1. The van der Waals surface area contributed by atoms with E-state index in [4.69, 9.17) is 9.73 Å². The Morgan fingerprint density at radius 1 is 1.09 bits per heavy atom. The summed E-state index contributed by atoms with van der Waals surface area (Å²) in [4.78, 5) is 30.2. The zero-order chi connectivity index (χ0) is 22.7. The molecule has 1 saturated carbocycles. The smallest absolute Gasteiger partial charge is 0.224 e. The fraction of sp³-hybridized carbons (Fsp3) is 0.444. The van der Waals surface area contributed by atoms with Gasteiger partial charge < -0.3 is 10.1 Å². The normalized spacial score (nSPS) is 17.4. The van der Waals surface area contributed by atoms with E-state index in [2.05, 4.69) is 25.2 Å². The Labute approximate surface area is 190 Å². The van der Waals surface area contributed by atoms with Gasteiger partial charge >= 0.3 is 0 Å².